The molecule has 6 heteroatoms. The number of rotatable bonds is 3. The molecular weight excluding hydrogens is 306 g/mol. The Kier molecular flexibility index (Phi) is 3.85. The van der Waals surface area contributed by atoms with Gasteiger partial charge in [0.1, 0.15) is 0 Å². The highest BCUT2D eigenvalue weighted by molar-refractivity contribution is 7.09. The molecule has 5 nitrogen and oxygen atoms in total. The molecule has 0 atom stereocenters. The Labute approximate surface area is 139 Å². The van der Waals surface area contributed by atoms with Gasteiger partial charge in [-0.1, -0.05) is 0 Å². The van der Waals surface area contributed by atoms with Gasteiger partial charge in [0.15, 0.2) is 5.82 Å². The summed E-state index contributed by atoms with van der Waals surface area (Å²) in [5, 5.41) is 0. The molecule has 0 unspecified atom stereocenters. The van der Waals surface area contributed by atoms with E-state index in [2.05, 4.69) is 26.8 Å². The van der Waals surface area contributed by atoms with Crippen molar-refractivity contribution >= 4 is 11.3 Å². The lowest BCUT2D eigenvalue weighted by Crippen LogP contribution is -2.31. The monoisotopic (exact) mass is 323 g/mol. The summed E-state index contributed by atoms with van der Waals surface area (Å²) in [5.41, 5.74) is 6.48. The molecule has 3 aromatic rings. The first kappa shape index (κ1) is 14.4. The second-order valence-corrected chi connectivity index (χ2v) is 6.66. The molecule has 23 heavy (non-hydrogen) atoms. The first-order valence-electron chi connectivity index (χ1n) is 7.66. The van der Waals surface area contributed by atoms with Gasteiger partial charge in [0, 0.05) is 48.7 Å². The van der Waals surface area contributed by atoms with E-state index in [1.807, 2.05) is 23.8 Å². The number of fused-ring (bicyclic) bond motifs is 1. The van der Waals surface area contributed by atoms with E-state index in [-0.39, 0.29) is 0 Å². The summed E-state index contributed by atoms with van der Waals surface area (Å²) in [7, 11) is 0. The lowest BCUT2D eigenvalue weighted by molar-refractivity contribution is 0.243. The van der Waals surface area contributed by atoms with Gasteiger partial charge >= 0.3 is 0 Å². The molecule has 0 aromatic carbocycles. The van der Waals surface area contributed by atoms with Crippen molar-refractivity contribution in [3.05, 3.63) is 58.1 Å². The van der Waals surface area contributed by atoms with Crippen molar-refractivity contribution in [1.82, 2.24) is 24.8 Å². The van der Waals surface area contributed by atoms with Crippen molar-refractivity contribution in [2.75, 3.05) is 6.54 Å². The van der Waals surface area contributed by atoms with E-state index in [1.165, 1.54) is 10.4 Å². The van der Waals surface area contributed by atoms with E-state index in [0.717, 1.165) is 48.8 Å². The van der Waals surface area contributed by atoms with Crippen molar-refractivity contribution in [2.24, 2.45) is 0 Å². The lowest BCUT2D eigenvalue weighted by atomic mass is 10.1. The van der Waals surface area contributed by atoms with Crippen LogP contribution in [-0.2, 0) is 19.5 Å². The largest absolute Gasteiger partial charge is 0.292 e. The number of pyridine rings is 1. The minimum atomic E-state index is 0.780. The molecule has 4 rings (SSSR count). The molecule has 0 saturated heterocycles. The average molecular weight is 323 g/mol. The zero-order valence-corrected chi connectivity index (χ0v) is 13.8. The molecular formula is C17H17N5S. The summed E-state index contributed by atoms with van der Waals surface area (Å²) in [6.07, 6.45) is 6.53. The molecule has 0 fully saturated rings. The van der Waals surface area contributed by atoms with Gasteiger partial charge in [-0.2, -0.15) is 0 Å². The minimum Gasteiger partial charge on any atom is -0.292 e. The van der Waals surface area contributed by atoms with E-state index < -0.39 is 0 Å². The topological polar surface area (TPSA) is 54.8 Å². The molecule has 0 saturated carbocycles. The Morgan fingerprint density at radius 1 is 1.22 bits per heavy atom. The maximum Gasteiger partial charge on any atom is 0.159 e. The quantitative estimate of drug-likeness (QED) is 0.742. The second kappa shape index (κ2) is 6.14. The van der Waals surface area contributed by atoms with Crippen molar-refractivity contribution in [1.29, 1.82) is 0 Å². The van der Waals surface area contributed by atoms with E-state index in [4.69, 9.17) is 4.98 Å². The van der Waals surface area contributed by atoms with Gasteiger partial charge in [0.25, 0.3) is 0 Å². The fourth-order valence-electron chi connectivity index (χ4n) is 2.81. The number of aryl methyl sites for hydroxylation is 1. The van der Waals surface area contributed by atoms with Gasteiger partial charge in [0.05, 0.1) is 16.9 Å². The molecule has 0 amide bonds. The smallest absolute Gasteiger partial charge is 0.159 e. The fraction of sp³-hybridized carbons (Fsp3) is 0.294. The van der Waals surface area contributed by atoms with Gasteiger partial charge < -0.3 is 0 Å². The van der Waals surface area contributed by atoms with Crippen LogP contribution < -0.4 is 0 Å². The number of aromatic nitrogens is 4. The summed E-state index contributed by atoms with van der Waals surface area (Å²) in [5.74, 6) is 0.780. The normalized spacial score (nSPS) is 14.7. The van der Waals surface area contributed by atoms with Crippen LogP contribution in [0.2, 0.25) is 0 Å². The van der Waals surface area contributed by atoms with Crippen LogP contribution in [0.5, 0.6) is 0 Å². The Morgan fingerprint density at radius 3 is 2.87 bits per heavy atom. The Bertz CT molecular complexity index is 815. The van der Waals surface area contributed by atoms with Crippen LogP contribution in [-0.4, -0.2) is 31.4 Å². The van der Waals surface area contributed by atoms with Crippen molar-refractivity contribution in [3.63, 3.8) is 0 Å². The number of hydrogen-bond donors (Lipinski definition) is 0. The van der Waals surface area contributed by atoms with Crippen LogP contribution in [0.4, 0.5) is 0 Å². The van der Waals surface area contributed by atoms with Crippen molar-refractivity contribution in [3.8, 4) is 11.4 Å². The van der Waals surface area contributed by atoms with Gasteiger partial charge in [-0.15, -0.1) is 11.3 Å². The summed E-state index contributed by atoms with van der Waals surface area (Å²) < 4.78 is 0. The number of hydrogen-bond acceptors (Lipinski definition) is 6. The minimum absolute atomic E-state index is 0.780. The van der Waals surface area contributed by atoms with E-state index in [0.29, 0.717) is 0 Å². The van der Waals surface area contributed by atoms with Gasteiger partial charge in [-0.3, -0.25) is 9.88 Å². The van der Waals surface area contributed by atoms with E-state index >= 15 is 0 Å². The number of nitrogens with zero attached hydrogens (tertiary/aromatic N) is 5. The van der Waals surface area contributed by atoms with Gasteiger partial charge in [-0.25, -0.2) is 15.0 Å². The first-order chi connectivity index (χ1) is 11.3. The maximum atomic E-state index is 4.79. The molecule has 1 aliphatic rings. The van der Waals surface area contributed by atoms with Crippen LogP contribution in [0.3, 0.4) is 0 Å². The maximum absolute atomic E-state index is 4.79. The standard InChI is InChI=1S/C17H17N5S/c1-12-16(23-11-20-12)10-22-7-4-14-8-19-17(21-15(14)9-22)13-2-5-18-6-3-13/h2-3,5-6,8,11H,4,7,9-10H2,1H3. The molecule has 4 heterocycles. The zero-order chi connectivity index (χ0) is 15.6. The summed E-state index contributed by atoms with van der Waals surface area (Å²) in [4.78, 5) is 21.5. The van der Waals surface area contributed by atoms with E-state index in [1.54, 1.807) is 23.7 Å². The molecule has 0 spiro atoms. The fourth-order valence-corrected chi connectivity index (χ4v) is 3.63. The molecule has 0 N–H and O–H groups in total. The molecule has 0 bridgehead atoms. The molecule has 1 aliphatic heterocycles. The van der Waals surface area contributed by atoms with Crippen LogP contribution in [0.1, 0.15) is 21.8 Å². The van der Waals surface area contributed by atoms with E-state index in [9.17, 15) is 0 Å². The van der Waals surface area contributed by atoms with Crippen molar-refractivity contribution < 1.29 is 0 Å². The Balaban J connectivity index is 1.57. The summed E-state index contributed by atoms with van der Waals surface area (Å²) in [6.45, 7) is 4.94. The highest BCUT2D eigenvalue weighted by atomic mass is 32.1. The third-order valence-electron chi connectivity index (χ3n) is 4.18. The van der Waals surface area contributed by atoms with Crippen LogP contribution in [0.15, 0.2) is 36.2 Å². The van der Waals surface area contributed by atoms with Crippen LogP contribution in [0.25, 0.3) is 11.4 Å². The van der Waals surface area contributed by atoms with Crippen LogP contribution >= 0.6 is 11.3 Å². The Hall–Kier alpha value is -2.18. The molecule has 0 aliphatic carbocycles. The predicted molar refractivity (Wildman–Crippen MR) is 89.9 cm³/mol. The van der Waals surface area contributed by atoms with Crippen molar-refractivity contribution in [2.45, 2.75) is 26.4 Å². The summed E-state index contributed by atoms with van der Waals surface area (Å²) >= 11 is 1.73. The SMILES string of the molecule is Cc1ncsc1CN1CCc2cnc(-c3ccncc3)nc2C1. The molecule has 3 aromatic heterocycles. The van der Waals surface area contributed by atoms with Crippen LogP contribution in [0, 0.1) is 6.92 Å². The highest BCUT2D eigenvalue weighted by Gasteiger charge is 2.20. The second-order valence-electron chi connectivity index (χ2n) is 5.72. The average Bonchev–Trinajstić information content (AvgIpc) is 3.00. The highest BCUT2D eigenvalue weighted by Crippen LogP contribution is 2.23. The molecule has 116 valence electrons. The third kappa shape index (κ3) is 3.00. The first-order valence-corrected chi connectivity index (χ1v) is 8.54. The third-order valence-corrected chi connectivity index (χ3v) is 5.10. The zero-order valence-electron chi connectivity index (χ0n) is 12.9. The van der Waals surface area contributed by atoms with Gasteiger partial charge in [-0.05, 0) is 31.0 Å². The molecule has 0 radical (unpaired) electrons. The number of thiazole rings is 1. The summed E-state index contributed by atoms with van der Waals surface area (Å²) in [6, 6.07) is 3.89. The Morgan fingerprint density at radius 2 is 2.09 bits per heavy atom. The van der Waals surface area contributed by atoms with Gasteiger partial charge in [0.2, 0.25) is 0 Å². The predicted octanol–water partition coefficient (Wildman–Crippen LogP) is 2.86. The lowest BCUT2D eigenvalue weighted by Gasteiger charge is -2.27.